The van der Waals surface area contributed by atoms with Crippen LogP contribution in [0, 0.1) is 0 Å². The molecule has 1 spiro atoms. The third kappa shape index (κ3) is 3.04. The van der Waals surface area contributed by atoms with Crippen molar-refractivity contribution in [2.24, 2.45) is 0 Å². The molecule has 0 amide bonds. The first-order valence-electron chi connectivity index (χ1n) is 8.19. The highest BCUT2D eigenvalue weighted by molar-refractivity contribution is 5.10. The maximum atomic E-state index is 4.26. The molecule has 20 heavy (non-hydrogen) atoms. The zero-order valence-electron chi connectivity index (χ0n) is 12.6. The number of piperazine rings is 1. The zero-order chi connectivity index (χ0) is 13.8. The average Bonchev–Trinajstić information content (AvgIpc) is 2.49. The summed E-state index contributed by atoms with van der Waals surface area (Å²) in [7, 11) is 0. The van der Waals surface area contributed by atoms with Crippen LogP contribution in [0.3, 0.4) is 0 Å². The minimum Gasteiger partial charge on any atom is -0.308 e. The molecule has 1 N–H and O–H groups in total. The Kier molecular flexibility index (Phi) is 4.37. The van der Waals surface area contributed by atoms with Gasteiger partial charge in [0.1, 0.15) is 0 Å². The van der Waals surface area contributed by atoms with Gasteiger partial charge in [0.05, 0.1) is 0 Å². The van der Waals surface area contributed by atoms with E-state index in [1.807, 2.05) is 12.4 Å². The highest BCUT2D eigenvalue weighted by atomic mass is 15.3. The fourth-order valence-corrected chi connectivity index (χ4v) is 3.91. The lowest BCUT2D eigenvalue weighted by Crippen LogP contribution is -2.64. The van der Waals surface area contributed by atoms with Gasteiger partial charge in [-0.15, -0.1) is 0 Å². The number of nitrogens with zero attached hydrogens (tertiary/aromatic N) is 2. The molecular weight excluding hydrogens is 246 g/mol. The molecule has 3 heteroatoms. The largest absolute Gasteiger partial charge is 0.308 e. The number of hydrogen-bond acceptors (Lipinski definition) is 3. The van der Waals surface area contributed by atoms with Gasteiger partial charge >= 0.3 is 0 Å². The fourth-order valence-electron chi connectivity index (χ4n) is 3.91. The minimum absolute atomic E-state index is 0.395. The van der Waals surface area contributed by atoms with E-state index in [1.165, 1.54) is 50.6 Å². The summed E-state index contributed by atoms with van der Waals surface area (Å²) >= 11 is 0. The van der Waals surface area contributed by atoms with Crippen LogP contribution in [0.5, 0.6) is 0 Å². The monoisotopic (exact) mass is 273 g/mol. The second kappa shape index (κ2) is 6.23. The number of aromatic nitrogens is 1. The Labute approximate surface area is 122 Å². The molecule has 0 bridgehead atoms. The van der Waals surface area contributed by atoms with E-state index in [1.54, 1.807) is 0 Å². The maximum Gasteiger partial charge on any atom is 0.0312 e. The normalized spacial score (nSPS) is 26.8. The van der Waals surface area contributed by atoms with Crippen LogP contribution < -0.4 is 5.32 Å². The Balaban J connectivity index is 1.71. The zero-order valence-corrected chi connectivity index (χ0v) is 12.6. The average molecular weight is 273 g/mol. The van der Waals surface area contributed by atoms with Crippen molar-refractivity contribution >= 4 is 0 Å². The Hall–Kier alpha value is -0.930. The summed E-state index contributed by atoms with van der Waals surface area (Å²) in [4.78, 5) is 6.96. The lowest BCUT2D eigenvalue weighted by atomic mass is 9.79. The third-order valence-corrected chi connectivity index (χ3v) is 5.13. The third-order valence-electron chi connectivity index (χ3n) is 5.13. The molecule has 1 aliphatic carbocycles. The van der Waals surface area contributed by atoms with Crippen LogP contribution >= 0.6 is 0 Å². The van der Waals surface area contributed by atoms with E-state index in [0.717, 1.165) is 13.1 Å². The number of hydrogen-bond donors (Lipinski definition) is 1. The Morgan fingerprint density at radius 3 is 2.90 bits per heavy atom. The summed E-state index contributed by atoms with van der Waals surface area (Å²) in [6.07, 6.45) is 12.0. The second-order valence-corrected chi connectivity index (χ2v) is 6.55. The van der Waals surface area contributed by atoms with Crippen LogP contribution in [0.25, 0.3) is 0 Å². The molecule has 0 radical (unpaired) electrons. The molecule has 3 nitrogen and oxygen atoms in total. The number of nitrogens with one attached hydrogen (secondary N) is 1. The molecule has 1 saturated carbocycles. The van der Waals surface area contributed by atoms with Gasteiger partial charge in [0.25, 0.3) is 0 Å². The summed E-state index contributed by atoms with van der Waals surface area (Å²) in [5.74, 6) is 0. The Bertz CT molecular complexity index is 412. The summed E-state index contributed by atoms with van der Waals surface area (Å²) in [5.41, 5.74) is 1.74. The van der Waals surface area contributed by atoms with E-state index < -0.39 is 0 Å². The van der Waals surface area contributed by atoms with Crippen molar-refractivity contribution in [2.75, 3.05) is 13.1 Å². The van der Waals surface area contributed by atoms with Gasteiger partial charge in [-0.2, -0.15) is 0 Å². The van der Waals surface area contributed by atoms with Crippen molar-refractivity contribution in [1.29, 1.82) is 0 Å². The van der Waals surface area contributed by atoms with Crippen LogP contribution in [0.1, 0.15) is 51.0 Å². The molecule has 0 aromatic carbocycles. The van der Waals surface area contributed by atoms with Crippen molar-refractivity contribution in [3.63, 3.8) is 0 Å². The summed E-state index contributed by atoms with van der Waals surface area (Å²) < 4.78 is 0. The number of rotatable bonds is 3. The van der Waals surface area contributed by atoms with E-state index in [2.05, 4.69) is 34.3 Å². The SMILES string of the molecule is CCC1CNC2(CCCCC2)CN1Cc1cccnc1. The molecule has 1 unspecified atom stereocenters. The van der Waals surface area contributed by atoms with Crippen LogP contribution in [0.2, 0.25) is 0 Å². The van der Waals surface area contributed by atoms with Crippen molar-refractivity contribution in [2.45, 2.75) is 63.6 Å². The van der Waals surface area contributed by atoms with Gasteiger partial charge in [-0.3, -0.25) is 9.88 Å². The van der Waals surface area contributed by atoms with E-state index in [0.29, 0.717) is 11.6 Å². The molecule has 1 aromatic heterocycles. The van der Waals surface area contributed by atoms with Crippen molar-refractivity contribution in [3.05, 3.63) is 30.1 Å². The molecule has 1 aliphatic heterocycles. The van der Waals surface area contributed by atoms with Crippen molar-refractivity contribution < 1.29 is 0 Å². The summed E-state index contributed by atoms with van der Waals surface area (Å²) in [6.45, 7) is 5.72. The molecule has 1 atom stereocenters. The van der Waals surface area contributed by atoms with Gasteiger partial charge in [-0.25, -0.2) is 0 Å². The maximum absolute atomic E-state index is 4.26. The van der Waals surface area contributed by atoms with Gasteiger partial charge in [-0.05, 0) is 30.9 Å². The lowest BCUT2D eigenvalue weighted by molar-refractivity contribution is 0.0483. The standard InChI is InChI=1S/C17H27N3/c1-2-16-12-19-17(8-4-3-5-9-17)14-20(16)13-15-7-6-10-18-11-15/h6-7,10-11,16,19H,2-5,8-9,12-14H2,1H3. The number of pyridine rings is 1. The molecule has 1 aromatic rings. The first-order valence-corrected chi connectivity index (χ1v) is 8.19. The summed E-state index contributed by atoms with van der Waals surface area (Å²) in [5, 5.41) is 3.89. The van der Waals surface area contributed by atoms with Crippen LogP contribution in [0.4, 0.5) is 0 Å². The topological polar surface area (TPSA) is 28.2 Å². The molecule has 2 fully saturated rings. The fraction of sp³-hybridized carbons (Fsp3) is 0.706. The molecular formula is C17H27N3. The molecule has 1 saturated heterocycles. The van der Waals surface area contributed by atoms with Gasteiger partial charge in [-0.1, -0.05) is 32.3 Å². The first kappa shape index (κ1) is 14.0. The quantitative estimate of drug-likeness (QED) is 0.917. The lowest BCUT2D eigenvalue weighted by Gasteiger charge is -2.49. The van der Waals surface area contributed by atoms with E-state index in [-0.39, 0.29) is 0 Å². The Morgan fingerprint density at radius 2 is 2.20 bits per heavy atom. The molecule has 2 aliphatic rings. The molecule has 2 heterocycles. The van der Waals surface area contributed by atoms with Crippen LogP contribution in [-0.4, -0.2) is 34.6 Å². The van der Waals surface area contributed by atoms with Crippen LogP contribution in [-0.2, 0) is 6.54 Å². The molecule has 110 valence electrons. The smallest absolute Gasteiger partial charge is 0.0312 e. The van der Waals surface area contributed by atoms with Gasteiger partial charge < -0.3 is 5.32 Å². The second-order valence-electron chi connectivity index (χ2n) is 6.55. The van der Waals surface area contributed by atoms with Crippen LogP contribution in [0.15, 0.2) is 24.5 Å². The van der Waals surface area contributed by atoms with E-state index in [4.69, 9.17) is 0 Å². The predicted octanol–water partition coefficient (Wildman–Crippen LogP) is 2.97. The first-order chi connectivity index (χ1) is 9.81. The van der Waals surface area contributed by atoms with Gasteiger partial charge in [0.15, 0.2) is 0 Å². The Morgan fingerprint density at radius 1 is 1.35 bits per heavy atom. The van der Waals surface area contributed by atoms with Gasteiger partial charge in [0.2, 0.25) is 0 Å². The van der Waals surface area contributed by atoms with Crippen molar-refractivity contribution in [1.82, 2.24) is 15.2 Å². The highest BCUT2D eigenvalue weighted by Gasteiger charge is 2.39. The molecule has 3 rings (SSSR count). The van der Waals surface area contributed by atoms with Gasteiger partial charge in [0, 0.05) is 43.6 Å². The minimum atomic E-state index is 0.395. The summed E-state index contributed by atoms with van der Waals surface area (Å²) in [6, 6.07) is 4.92. The predicted molar refractivity (Wildman–Crippen MR) is 82.5 cm³/mol. The van der Waals surface area contributed by atoms with E-state index >= 15 is 0 Å². The van der Waals surface area contributed by atoms with E-state index in [9.17, 15) is 0 Å². The highest BCUT2D eigenvalue weighted by Crippen LogP contribution is 2.32. The van der Waals surface area contributed by atoms with Crippen molar-refractivity contribution in [3.8, 4) is 0 Å².